The Morgan fingerprint density at radius 1 is 1.40 bits per heavy atom. The summed E-state index contributed by atoms with van der Waals surface area (Å²) in [7, 11) is 0. The van der Waals surface area contributed by atoms with Crippen LogP contribution in [0.25, 0.3) is 0 Å². The van der Waals surface area contributed by atoms with Gasteiger partial charge in [-0.1, -0.05) is 13.3 Å². The Balaban J connectivity index is 2.46. The van der Waals surface area contributed by atoms with Gasteiger partial charge in [-0.2, -0.15) is 0 Å². The van der Waals surface area contributed by atoms with Crippen LogP contribution < -0.4 is 4.74 Å². The molecule has 20 heavy (non-hydrogen) atoms. The van der Waals surface area contributed by atoms with Crippen molar-refractivity contribution < 1.29 is 24.5 Å². The van der Waals surface area contributed by atoms with Gasteiger partial charge in [-0.05, 0) is 47.2 Å². The minimum absolute atomic E-state index is 0.00694. The zero-order valence-electron chi connectivity index (χ0n) is 11.3. The van der Waals surface area contributed by atoms with Crippen molar-refractivity contribution in [3.8, 4) is 5.75 Å². The number of carbonyl (C=O) groups is 1. The maximum absolute atomic E-state index is 11.1. The fourth-order valence-electron chi connectivity index (χ4n) is 1.50. The van der Waals surface area contributed by atoms with E-state index in [-0.39, 0.29) is 24.5 Å². The van der Waals surface area contributed by atoms with Crippen LogP contribution in [0, 0.1) is 3.57 Å². The zero-order valence-corrected chi connectivity index (χ0v) is 13.5. The number of unbranched alkanes of at least 4 members (excludes halogenated alkanes) is 1. The molecule has 1 rings (SSSR count). The van der Waals surface area contributed by atoms with Crippen molar-refractivity contribution >= 4 is 28.6 Å². The fourth-order valence-corrected chi connectivity index (χ4v) is 1.99. The van der Waals surface area contributed by atoms with Gasteiger partial charge in [-0.25, -0.2) is 4.79 Å². The second kappa shape index (κ2) is 9.15. The molecule has 0 aliphatic heterocycles. The van der Waals surface area contributed by atoms with E-state index in [1.165, 1.54) is 6.07 Å². The number of hydrogen-bond donors (Lipinski definition) is 2. The van der Waals surface area contributed by atoms with Gasteiger partial charge in [0.1, 0.15) is 24.0 Å². The van der Waals surface area contributed by atoms with Crippen molar-refractivity contribution in [3.63, 3.8) is 0 Å². The van der Waals surface area contributed by atoms with Gasteiger partial charge in [-0.3, -0.25) is 0 Å². The largest absolute Gasteiger partial charge is 0.490 e. The number of carboxylic acids is 1. The molecule has 1 atom stereocenters. The average molecular weight is 394 g/mol. The second-order valence-corrected chi connectivity index (χ2v) is 5.58. The zero-order chi connectivity index (χ0) is 15.0. The third kappa shape index (κ3) is 6.06. The summed E-state index contributed by atoms with van der Waals surface area (Å²) in [5, 5.41) is 18.8. The minimum atomic E-state index is -1.05. The van der Waals surface area contributed by atoms with E-state index in [1.807, 2.05) is 22.6 Å². The predicted octanol–water partition coefficient (Wildman–Crippen LogP) is 2.55. The fraction of sp³-hybridized carbons (Fsp3) is 0.500. The highest BCUT2D eigenvalue weighted by atomic mass is 127. The number of carboxylic acid groups (broad SMARTS) is 1. The van der Waals surface area contributed by atoms with Crippen LogP contribution in [0.5, 0.6) is 5.75 Å². The van der Waals surface area contributed by atoms with E-state index in [0.717, 1.165) is 16.4 Å². The van der Waals surface area contributed by atoms with Crippen molar-refractivity contribution in [2.24, 2.45) is 0 Å². The third-order valence-electron chi connectivity index (χ3n) is 2.56. The highest BCUT2D eigenvalue weighted by molar-refractivity contribution is 14.1. The smallest absolute Gasteiger partial charge is 0.339 e. The van der Waals surface area contributed by atoms with Crippen molar-refractivity contribution in [2.45, 2.75) is 25.9 Å². The van der Waals surface area contributed by atoms with Gasteiger partial charge in [0.2, 0.25) is 0 Å². The predicted molar refractivity (Wildman–Crippen MR) is 83.3 cm³/mol. The number of benzene rings is 1. The molecule has 0 heterocycles. The molecular weight excluding hydrogens is 375 g/mol. The monoisotopic (exact) mass is 394 g/mol. The maximum atomic E-state index is 11.1. The second-order valence-electron chi connectivity index (χ2n) is 4.34. The molecule has 112 valence electrons. The van der Waals surface area contributed by atoms with E-state index < -0.39 is 12.1 Å². The van der Waals surface area contributed by atoms with Crippen molar-refractivity contribution in [3.05, 3.63) is 27.3 Å². The highest BCUT2D eigenvalue weighted by Gasteiger charge is 2.13. The van der Waals surface area contributed by atoms with E-state index in [1.54, 1.807) is 12.1 Å². The molecule has 1 unspecified atom stereocenters. The first-order valence-corrected chi connectivity index (χ1v) is 7.54. The van der Waals surface area contributed by atoms with Crippen LogP contribution in [0.15, 0.2) is 18.2 Å². The molecule has 1 aromatic carbocycles. The van der Waals surface area contributed by atoms with Crippen molar-refractivity contribution in [1.82, 2.24) is 0 Å². The molecule has 0 saturated carbocycles. The molecular formula is C14H19IO5. The van der Waals surface area contributed by atoms with Gasteiger partial charge in [-0.15, -0.1) is 0 Å². The first-order valence-electron chi connectivity index (χ1n) is 6.46. The number of hydrogen-bond acceptors (Lipinski definition) is 4. The topological polar surface area (TPSA) is 76.0 Å². The van der Waals surface area contributed by atoms with E-state index in [9.17, 15) is 9.90 Å². The van der Waals surface area contributed by atoms with Crippen molar-refractivity contribution in [2.75, 3.05) is 19.8 Å². The van der Waals surface area contributed by atoms with Gasteiger partial charge in [0.05, 0.1) is 6.61 Å². The molecule has 0 saturated heterocycles. The summed E-state index contributed by atoms with van der Waals surface area (Å²) in [6.45, 7) is 2.87. The summed E-state index contributed by atoms with van der Waals surface area (Å²) in [4.78, 5) is 11.1. The van der Waals surface area contributed by atoms with E-state index in [0.29, 0.717) is 6.61 Å². The summed E-state index contributed by atoms with van der Waals surface area (Å²) in [6.07, 6.45) is 1.22. The Bertz CT molecular complexity index is 436. The summed E-state index contributed by atoms with van der Waals surface area (Å²) in [6, 6.07) is 4.88. The van der Waals surface area contributed by atoms with Gasteiger partial charge in [0, 0.05) is 10.2 Å². The highest BCUT2D eigenvalue weighted by Crippen LogP contribution is 2.21. The van der Waals surface area contributed by atoms with Crippen LogP contribution in [0.3, 0.4) is 0 Å². The molecule has 0 bridgehead atoms. The summed E-state index contributed by atoms with van der Waals surface area (Å²) in [5.74, 6) is -0.794. The standard InChI is InChI=1S/C14H19IO5/c1-2-3-6-19-8-11(16)9-20-13-5-4-10(15)7-12(13)14(17)18/h4-5,7,11,16H,2-3,6,8-9H2,1H3,(H,17,18). The molecule has 0 radical (unpaired) electrons. The number of halogens is 1. The first-order chi connectivity index (χ1) is 9.54. The Labute approximate surface area is 132 Å². The Morgan fingerprint density at radius 3 is 2.80 bits per heavy atom. The van der Waals surface area contributed by atoms with Crippen LogP contribution >= 0.6 is 22.6 Å². The number of aliphatic hydroxyl groups is 1. The molecule has 0 spiro atoms. The minimum Gasteiger partial charge on any atom is -0.490 e. The van der Waals surface area contributed by atoms with Crippen LogP contribution in [0.1, 0.15) is 30.1 Å². The number of aromatic carboxylic acids is 1. The summed E-state index contributed by atoms with van der Waals surface area (Å²) in [5.41, 5.74) is 0.0935. The van der Waals surface area contributed by atoms with Crippen LogP contribution in [-0.4, -0.2) is 42.1 Å². The molecule has 1 aromatic rings. The van der Waals surface area contributed by atoms with E-state index in [2.05, 4.69) is 6.92 Å². The molecule has 0 amide bonds. The summed E-state index contributed by atoms with van der Waals surface area (Å²) >= 11 is 2.04. The van der Waals surface area contributed by atoms with E-state index >= 15 is 0 Å². The third-order valence-corrected chi connectivity index (χ3v) is 3.23. The van der Waals surface area contributed by atoms with Gasteiger partial charge >= 0.3 is 5.97 Å². The molecule has 0 fully saturated rings. The van der Waals surface area contributed by atoms with Crippen LogP contribution in [-0.2, 0) is 4.74 Å². The summed E-state index contributed by atoms with van der Waals surface area (Å²) < 4.78 is 11.4. The SMILES string of the molecule is CCCCOCC(O)COc1ccc(I)cc1C(=O)O. The number of rotatable bonds is 9. The van der Waals surface area contributed by atoms with Gasteiger partial charge in [0.15, 0.2) is 0 Å². The normalized spacial score (nSPS) is 12.2. The van der Waals surface area contributed by atoms with Crippen molar-refractivity contribution in [1.29, 1.82) is 0 Å². The van der Waals surface area contributed by atoms with Gasteiger partial charge < -0.3 is 19.7 Å². The van der Waals surface area contributed by atoms with Crippen LogP contribution in [0.4, 0.5) is 0 Å². The Kier molecular flexibility index (Phi) is 7.86. The number of ether oxygens (including phenoxy) is 2. The molecule has 5 nitrogen and oxygen atoms in total. The molecule has 0 aliphatic rings. The quantitative estimate of drug-likeness (QED) is 0.498. The Hall–Kier alpha value is -0.860. The maximum Gasteiger partial charge on any atom is 0.339 e. The number of aliphatic hydroxyl groups excluding tert-OH is 1. The van der Waals surface area contributed by atoms with Gasteiger partial charge in [0.25, 0.3) is 0 Å². The van der Waals surface area contributed by atoms with E-state index in [4.69, 9.17) is 14.6 Å². The molecule has 0 aromatic heterocycles. The first kappa shape index (κ1) is 17.2. The molecule has 0 aliphatic carbocycles. The molecule has 6 heteroatoms. The lowest BCUT2D eigenvalue weighted by atomic mass is 10.2. The lowest BCUT2D eigenvalue weighted by Gasteiger charge is -2.14. The molecule has 2 N–H and O–H groups in total. The van der Waals surface area contributed by atoms with Crippen LogP contribution in [0.2, 0.25) is 0 Å². The lowest BCUT2D eigenvalue weighted by molar-refractivity contribution is 0.0110. The Morgan fingerprint density at radius 2 is 2.15 bits per heavy atom. The average Bonchev–Trinajstić information content (AvgIpc) is 2.42. The lowest BCUT2D eigenvalue weighted by Crippen LogP contribution is -2.24.